The molecule has 160 valence electrons. The van der Waals surface area contributed by atoms with Crippen LogP contribution in [0.1, 0.15) is 28.8 Å². The third-order valence-electron chi connectivity index (χ3n) is 5.29. The van der Waals surface area contributed by atoms with Gasteiger partial charge in [0.2, 0.25) is 15.9 Å². The first kappa shape index (κ1) is 21.2. The van der Waals surface area contributed by atoms with Crippen LogP contribution >= 0.6 is 11.3 Å². The van der Waals surface area contributed by atoms with Crippen molar-refractivity contribution < 1.29 is 12.8 Å². The zero-order valence-corrected chi connectivity index (χ0v) is 18.9. The normalized spacial score (nSPS) is 16.2. The number of benzene rings is 1. The largest absolute Gasteiger partial charge is 0.419 e. The summed E-state index contributed by atoms with van der Waals surface area (Å²) in [5.74, 6) is 1.16. The summed E-state index contributed by atoms with van der Waals surface area (Å²) in [6.07, 6.45) is 0.995. The number of aryl methyl sites for hydroxylation is 2. The molecule has 30 heavy (non-hydrogen) atoms. The Bertz CT molecular complexity index is 1080. The Kier molecular flexibility index (Phi) is 6.33. The van der Waals surface area contributed by atoms with Gasteiger partial charge >= 0.3 is 0 Å². The van der Waals surface area contributed by atoms with Crippen molar-refractivity contribution in [3.8, 4) is 10.8 Å². The molecular formula is C21H26N4O3S2. The van der Waals surface area contributed by atoms with Crippen molar-refractivity contribution in [1.29, 1.82) is 0 Å². The molecule has 0 atom stereocenters. The molecule has 1 aromatic carbocycles. The van der Waals surface area contributed by atoms with Gasteiger partial charge in [-0.1, -0.05) is 37.3 Å². The fourth-order valence-corrected chi connectivity index (χ4v) is 6.18. The van der Waals surface area contributed by atoms with Crippen molar-refractivity contribution in [3.05, 3.63) is 58.3 Å². The lowest BCUT2D eigenvalue weighted by atomic mass is 10.2. The fraction of sp³-hybridized carbons (Fsp3) is 0.429. The van der Waals surface area contributed by atoms with Crippen LogP contribution in [0.25, 0.3) is 10.8 Å². The summed E-state index contributed by atoms with van der Waals surface area (Å²) >= 11 is 1.69. The summed E-state index contributed by atoms with van der Waals surface area (Å²) in [4.78, 5) is 4.49. The van der Waals surface area contributed by atoms with E-state index in [1.807, 2.05) is 30.3 Å². The van der Waals surface area contributed by atoms with Crippen molar-refractivity contribution in [1.82, 2.24) is 19.4 Å². The molecule has 1 aliphatic heterocycles. The van der Waals surface area contributed by atoms with Gasteiger partial charge in [-0.25, -0.2) is 8.42 Å². The van der Waals surface area contributed by atoms with Gasteiger partial charge < -0.3 is 4.42 Å². The minimum absolute atomic E-state index is 0.0425. The van der Waals surface area contributed by atoms with Crippen LogP contribution in [0.15, 0.2) is 40.8 Å². The first-order valence-corrected chi connectivity index (χ1v) is 12.5. The number of nitrogens with zero attached hydrogens (tertiary/aromatic N) is 4. The number of aromatic nitrogens is 2. The molecule has 0 aliphatic carbocycles. The van der Waals surface area contributed by atoms with Crippen molar-refractivity contribution in [2.24, 2.45) is 0 Å². The smallest absolute Gasteiger partial charge is 0.257 e. The lowest BCUT2D eigenvalue weighted by Gasteiger charge is -2.33. The maximum absolute atomic E-state index is 12.7. The van der Waals surface area contributed by atoms with Gasteiger partial charge in [-0.3, -0.25) is 4.90 Å². The van der Waals surface area contributed by atoms with Crippen molar-refractivity contribution in [2.75, 3.05) is 26.2 Å². The molecule has 0 amide bonds. The van der Waals surface area contributed by atoms with Crippen LogP contribution in [0, 0.1) is 6.92 Å². The highest BCUT2D eigenvalue weighted by molar-refractivity contribution is 7.88. The Hall–Kier alpha value is -2.07. The van der Waals surface area contributed by atoms with Gasteiger partial charge in [0.05, 0.1) is 17.2 Å². The Morgan fingerprint density at radius 1 is 1.10 bits per heavy atom. The van der Waals surface area contributed by atoms with Crippen molar-refractivity contribution in [3.63, 3.8) is 0 Å². The fourth-order valence-electron chi connectivity index (χ4n) is 3.63. The molecule has 0 unspecified atom stereocenters. The van der Waals surface area contributed by atoms with Gasteiger partial charge in [-0.2, -0.15) is 4.31 Å². The second-order valence-electron chi connectivity index (χ2n) is 7.49. The van der Waals surface area contributed by atoms with Crippen LogP contribution in [0.5, 0.6) is 0 Å². The van der Waals surface area contributed by atoms with E-state index in [1.165, 1.54) is 10.4 Å². The summed E-state index contributed by atoms with van der Waals surface area (Å²) < 4.78 is 32.9. The second kappa shape index (κ2) is 8.97. The molecule has 2 aromatic heterocycles. The maximum Gasteiger partial charge on any atom is 0.257 e. The molecule has 7 nitrogen and oxygen atoms in total. The van der Waals surface area contributed by atoms with Crippen LogP contribution in [0.2, 0.25) is 0 Å². The molecule has 3 heterocycles. The molecule has 1 saturated heterocycles. The Balaban J connectivity index is 1.33. The van der Waals surface area contributed by atoms with Crippen molar-refractivity contribution in [2.45, 2.75) is 32.6 Å². The standard InChI is InChI=1S/C21H26N4O3S2/c1-3-18-16(2)13-19(29-18)21-23-22-20(28-21)14-24-9-11-25(12-10-24)30(26,27)15-17-7-5-4-6-8-17/h4-8,13H,3,9-12,14-15H2,1-2H3. The van der Waals surface area contributed by atoms with E-state index in [4.69, 9.17) is 4.42 Å². The van der Waals surface area contributed by atoms with E-state index in [0.29, 0.717) is 44.5 Å². The first-order chi connectivity index (χ1) is 14.4. The molecule has 4 rings (SSSR count). The monoisotopic (exact) mass is 446 g/mol. The predicted octanol–water partition coefficient (Wildman–Crippen LogP) is 3.32. The van der Waals surface area contributed by atoms with E-state index in [2.05, 4.69) is 35.0 Å². The average molecular weight is 447 g/mol. The summed E-state index contributed by atoms with van der Waals surface area (Å²) in [6.45, 7) is 7.00. The van der Waals surface area contributed by atoms with Gasteiger partial charge in [0.15, 0.2) is 0 Å². The van der Waals surface area contributed by atoms with Gasteiger partial charge in [0.1, 0.15) is 0 Å². The van der Waals surface area contributed by atoms with Crippen LogP contribution in [0.3, 0.4) is 0 Å². The Morgan fingerprint density at radius 3 is 2.50 bits per heavy atom. The van der Waals surface area contributed by atoms with Crippen LogP contribution in [0.4, 0.5) is 0 Å². The highest BCUT2D eigenvalue weighted by Crippen LogP contribution is 2.30. The van der Waals surface area contributed by atoms with E-state index in [-0.39, 0.29) is 5.75 Å². The van der Waals surface area contributed by atoms with E-state index >= 15 is 0 Å². The number of hydrogen-bond acceptors (Lipinski definition) is 7. The molecule has 3 aromatic rings. The number of thiophene rings is 1. The number of sulfonamides is 1. The molecule has 0 spiro atoms. The minimum Gasteiger partial charge on any atom is -0.419 e. The molecule has 9 heteroatoms. The third-order valence-corrected chi connectivity index (χ3v) is 8.51. The van der Waals surface area contributed by atoms with Gasteiger partial charge in [-0.05, 0) is 30.5 Å². The quantitative estimate of drug-likeness (QED) is 0.554. The molecular weight excluding hydrogens is 420 g/mol. The summed E-state index contributed by atoms with van der Waals surface area (Å²) in [5, 5.41) is 8.39. The number of piperazine rings is 1. The Morgan fingerprint density at radius 2 is 1.83 bits per heavy atom. The van der Waals surface area contributed by atoms with Gasteiger partial charge in [-0.15, -0.1) is 21.5 Å². The highest BCUT2D eigenvalue weighted by Gasteiger charge is 2.28. The maximum atomic E-state index is 12.7. The highest BCUT2D eigenvalue weighted by atomic mass is 32.2. The van der Waals surface area contributed by atoms with Crippen LogP contribution in [-0.4, -0.2) is 54.0 Å². The third kappa shape index (κ3) is 4.80. The molecule has 1 fully saturated rings. The van der Waals surface area contributed by atoms with Gasteiger partial charge in [0, 0.05) is 31.1 Å². The van der Waals surface area contributed by atoms with E-state index in [0.717, 1.165) is 16.9 Å². The van der Waals surface area contributed by atoms with Crippen LogP contribution < -0.4 is 0 Å². The lowest BCUT2D eigenvalue weighted by Crippen LogP contribution is -2.48. The summed E-state index contributed by atoms with van der Waals surface area (Å²) in [5.41, 5.74) is 2.07. The average Bonchev–Trinajstić information content (AvgIpc) is 3.35. The molecule has 0 bridgehead atoms. The second-order valence-corrected chi connectivity index (χ2v) is 10.6. The van der Waals surface area contributed by atoms with E-state index < -0.39 is 10.0 Å². The first-order valence-electron chi connectivity index (χ1n) is 10.1. The zero-order valence-electron chi connectivity index (χ0n) is 17.2. The topological polar surface area (TPSA) is 79.5 Å². The lowest BCUT2D eigenvalue weighted by molar-refractivity contribution is 0.168. The summed E-state index contributed by atoms with van der Waals surface area (Å²) in [7, 11) is -3.31. The summed E-state index contributed by atoms with van der Waals surface area (Å²) in [6, 6.07) is 11.4. The molecule has 0 N–H and O–H groups in total. The predicted molar refractivity (Wildman–Crippen MR) is 118 cm³/mol. The minimum atomic E-state index is -3.31. The Labute approximate surface area is 181 Å². The zero-order chi connectivity index (χ0) is 21.1. The molecule has 0 saturated carbocycles. The van der Waals surface area contributed by atoms with E-state index in [9.17, 15) is 8.42 Å². The van der Waals surface area contributed by atoms with Gasteiger partial charge in [0.25, 0.3) is 5.89 Å². The van der Waals surface area contributed by atoms with E-state index in [1.54, 1.807) is 15.6 Å². The SMILES string of the molecule is CCc1sc(-c2nnc(CN3CCN(S(=O)(=O)Cc4ccccc4)CC3)o2)cc1C. The van der Waals surface area contributed by atoms with Crippen molar-refractivity contribution >= 4 is 21.4 Å². The molecule has 0 radical (unpaired) electrons. The molecule has 1 aliphatic rings. The number of rotatable bonds is 7. The van der Waals surface area contributed by atoms with Crippen LogP contribution in [-0.2, 0) is 28.7 Å². The number of hydrogen-bond donors (Lipinski definition) is 0.